The van der Waals surface area contributed by atoms with Crippen molar-refractivity contribution < 1.29 is 4.79 Å². The van der Waals surface area contributed by atoms with Crippen molar-refractivity contribution in [1.29, 1.82) is 0 Å². The van der Waals surface area contributed by atoms with Crippen LogP contribution >= 0.6 is 0 Å². The number of benzene rings is 1. The molecule has 0 spiro atoms. The van der Waals surface area contributed by atoms with Crippen LogP contribution in [0, 0.1) is 11.3 Å². The number of para-hydroxylation sites is 1. The zero-order valence-corrected chi connectivity index (χ0v) is 13.5. The normalized spacial score (nSPS) is 22.8. The summed E-state index contributed by atoms with van der Waals surface area (Å²) < 4.78 is 0. The molecule has 3 nitrogen and oxygen atoms in total. The lowest BCUT2D eigenvalue weighted by Crippen LogP contribution is -2.46. The monoisotopic (exact) mass is 288 g/mol. The van der Waals surface area contributed by atoms with E-state index in [1.54, 1.807) is 0 Å². The van der Waals surface area contributed by atoms with E-state index in [1.807, 2.05) is 30.3 Å². The first kappa shape index (κ1) is 16.0. The highest BCUT2D eigenvalue weighted by Gasteiger charge is 2.33. The Kier molecular flexibility index (Phi) is 5.40. The fourth-order valence-electron chi connectivity index (χ4n) is 3.36. The van der Waals surface area contributed by atoms with Gasteiger partial charge in [0.05, 0.1) is 6.54 Å². The predicted molar refractivity (Wildman–Crippen MR) is 88.3 cm³/mol. The minimum atomic E-state index is 0.0411. The van der Waals surface area contributed by atoms with E-state index in [-0.39, 0.29) is 5.91 Å². The van der Waals surface area contributed by atoms with Gasteiger partial charge in [-0.1, -0.05) is 51.8 Å². The molecule has 0 bridgehead atoms. The van der Waals surface area contributed by atoms with Crippen molar-refractivity contribution in [2.45, 2.75) is 52.5 Å². The summed E-state index contributed by atoms with van der Waals surface area (Å²) in [5.41, 5.74) is 1.16. The molecule has 116 valence electrons. The molecule has 0 aliphatic heterocycles. The van der Waals surface area contributed by atoms with Gasteiger partial charge in [0.1, 0.15) is 0 Å². The van der Waals surface area contributed by atoms with Crippen LogP contribution in [-0.4, -0.2) is 18.5 Å². The quantitative estimate of drug-likeness (QED) is 0.884. The fraction of sp³-hybridized carbons (Fsp3) is 0.611. The van der Waals surface area contributed by atoms with Crippen molar-refractivity contribution in [3.8, 4) is 0 Å². The first-order valence-corrected chi connectivity index (χ1v) is 8.05. The number of hydrogen-bond donors (Lipinski definition) is 2. The van der Waals surface area contributed by atoms with E-state index in [0.717, 1.165) is 5.69 Å². The summed E-state index contributed by atoms with van der Waals surface area (Å²) >= 11 is 0. The Bertz CT molecular complexity index is 450. The van der Waals surface area contributed by atoms with Gasteiger partial charge >= 0.3 is 0 Å². The molecule has 0 saturated heterocycles. The zero-order chi connectivity index (χ0) is 15.3. The lowest BCUT2D eigenvalue weighted by Gasteiger charge is -2.40. The summed E-state index contributed by atoms with van der Waals surface area (Å²) in [7, 11) is 0. The highest BCUT2D eigenvalue weighted by molar-refractivity contribution is 5.92. The van der Waals surface area contributed by atoms with E-state index in [4.69, 9.17) is 0 Å². The van der Waals surface area contributed by atoms with Gasteiger partial charge in [0, 0.05) is 11.7 Å². The van der Waals surface area contributed by atoms with Crippen LogP contribution in [0.3, 0.4) is 0 Å². The highest BCUT2D eigenvalue weighted by Crippen LogP contribution is 2.37. The van der Waals surface area contributed by atoms with E-state index < -0.39 is 0 Å². The van der Waals surface area contributed by atoms with Crippen LogP contribution in [0.2, 0.25) is 0 Å². The predicted octanol–water partition coefficient (Wildman–Crippen LogP) is 3.82. The fourth-order valence-corrected chi connectivity index (χ4v) is 3.36. The average molecular weight is 288 g/mol. The van der Waals surface area contributed by atoms with Gasteiger partial charge in [-0.2, -0.15) is 0 Å². The summed E-state index contributed by atoms with van der Waals surface area (Å²) in [5.74, 6) is 0.690. The Labute approximate surface area is 128 Å². The third kappa shape index (κ3) is 4.85. The van der Waals surface area contributed by atoms with Gasteiger partial charge in [0.25, 0.3) is 0 Å². The van der Waals surface area contributed by atoms with Crippen molar-refractivity contribution in [1.82, 2.24) is 5.32 Å². The molecule has 21 heavy (non-hydrogen) atoms. The average Bonchev–Trinajstić information content (AvgIpc) is 2.45. The largest absolute Gasteiger partial charge is 0.325 e. The number of nitrogens with one attached hydrogen (secondary N) is 2. The molecule has 0 aromatic heterocycles. The first-order chi connectivity index (χ1) is 9.97. The van der Waals surface area contributed by atoms with Crippen LogP contribution in [-0.2, 0) is 4.79 Å². The Morgan fingerprint density at radius 3 is 2.48 bits per heavy atom. The summed E-state index contributed by atoms with van der Waals surface area (Å²) in [4.78, 5) is 12.0. The molecule has 1 amide bonds. The van der Waals surface area contributed by atoms with Gasteiger partial charge in [0.15, 0.2) is 0 Å². The van der Waals surface area contributed by atoms with Gasteiger partial charge in [-0.05, 0) is 36.3 Å². The van der Waals surface area contributed by atoms with Crippen LogP contribution < -0.4 is 10.6 Å². The van der Waals surface area contributed by atoms with Gasteiger partial charge in [-0.15, -0.1) is 0 Å². The molecule has 2 N–H and O–H groups in total. The Morgan fingerprint density at radius 1 is 1.14 bits per heavy atom. The van der Waals surface area contributed by atoms with Crippen molar-refractivity contribution >= 4 is 11.6 Å². The molecule has 2 atom stereocenters. The third-order valence-corrected chi connectivity index (χ3v) is 4.46. The molecule has 1 aromatic carbocycles. The molecule has 1 aliphatic rings. The Balaban J connectivity index is 1.84. The van der Waals surface area contributed by atoms with Crippen molar-refractivity contribution in [2.75, 3.05) is 11.9 Å². The van der Waals surface area contributed by atoms with Crippen molar-refractivity contribution in [3.05, 3.63) is 30.3 Å². The minimum Gasteiger partial charge on any atom is -0.325 e. The molecule has 2 unspecified atom stereocenters. The maximum absolute atomic E-state index is 12.0. The van der Waals surface area contributed by atoms with Crippen LogP contribution in [0.15, 0.2) is 30.3 Å². The van der Waals surface area contributed by atoms with Gasteiger partial charge in [-0.25, -0.2) is 0 Å². The van der Waals surface area contributed by atoms with E-state index in [9.17, 15) is 4.79 Å². The second-order valence-electron chi connectivity index (χ2n) is 7.16. The van der Waals surface area contributed by atoms with Crippen molar-refractivity contribution in [3.63, 3.8) is 0 Å². The summed E-state index contributed by atoms with van der Waals surface area (Å²) in [5, 5.41) is 6.42. The van der Waals surface area contributed by atoms with Gasteiger partial charge < -0.3 is 10.6 Å². The topological polar surface area (TPSA) is 41.1 Å². The van der Waals surface area contributed by atoms with Crippen LogP contribution in [0.1, 0.15) is 46.5 Å². The molecule has 0 radical (unpaired) electrons. The maximum atomic E-state index is 12.0. The first-order valence-electron chi connectivity index (χ1n) is 8.05. The SMILES string of the molecule is CC(C)(C)C1CCCCC1NCC(=O)Nc1ccccc1. The standard InChI is InChI=1S/C18H28N2O/c1-18(2,3)15-11-7-8-12-16(15)19-13-17(21)20-14-9-5-4-6-10-14/h4-6,9-10,15-16,19H,7-8,11-13H2,1-3H3,(H,20,21). The smallest absolute Gasteiger partial charge is 0.238 e. The maximum Gasteiger partial charge on any atom is 0.238 e. The minimum absolute atomic E-state index is 0.0411. The van der Waals surface area contributed by atoms with E-state index in [2.05, 4.69) is 31.4 Å². The lowest BCUT2D eigenvalue weighted by molar-refractivity contribution is -0.115. The summed E-state index contributed by atoms with van der Waals surface area (Å²) in [6.07, 6.45) is 5.03. The van der Waals surface area contributed by atoms with E-state index >= 15 is 0 Å². The van der Waals surface area contributed by atoms with Crippen LogP contribution in [0.5, 0.6) is 0 Å². The molecule has 3 heteroatoms. The molecular formula is C18H28N2O. The molecule has 2 rings (SSSR count). The summed E-state index contributed by atoms with van der Waals surface area (Å²) in [6, 6.07) is 10.1. The highest BCUT2D eigenvalue weighted by atomic mass is 16.1. The molecule has 1 saturated carbocycles. The van der Waals surface area contributed by atoms with Crippen molar-refractivity contribution in [2.24, 2.45) is 11.3 Å². The van der Waals surface area contributed by atoms with Gasteiger partial charge in [0.2, 0.25) is 5.91 Å². The number of anilines is 1. The summed E-state index contributed by atoms with van der Waals surface area (Å²) in [6.45, 7) is 7.32. The van der Waals surface area contributed by atoms with E-state index in [0.29, 0.717) is 23.9 Å². The number of rotatable bonds is 4. The second-order valence-corrected chi connectivity index (χ2v) is 7.16. The lowest BCUT2D eigenvalue weighted by atomic mass is 9.69. The molecule has 1 aliphatic carbocycles. The Morgan fingerprint density at radius 2 is 1.81 bits per heavy atom. The zero-order valence-electron chi connectivity index (χ0n) is 13.5. The molecule has 1 fully saturated rings. The number of hydrogen-bond acceptors (Lipinski definition) is 2. The Hall–Kier alpha value is -1.35. The van der Waals surface area contributed by atoms with Crippen LogP contribution in [0.25, 0.3) is 0 Å². The van der Waals surface area contributed by atoms with Crippen LogP contribution in [0.4, 0.5) is 5.69 Å². The molecular weight excluding hydrogens is 260 g/mol. The number of carbonyl (C=O) groups excluding carboxylic acids is 1. The number of amides is 1. The second kappa shape index (κ2) is 7.08. The third-order valence-electron chi connectivity index (χ3n) is 4.46. The molecule has 0 heterocycles. The van der Waals surface area contributed by atoms with Gasteiger partial charge in [-0.3, -0.25) is 4.79 Å². The number of carbonyl (C=O) groups is 1. The molecule has 1 aromatic rings. The van der Waals surface area contributed by atoms with E-state index in [1.165, 1.54) is 25.7 Å².